The van der Waals surface area contributed by atoms with Crippen LogP contribution in [0.3, 0.4) is 0 Å². The second-order valence-electron chi connectivity index (χ2n) is 7.21. The molecule has 0 bridgehead atoms. The van der Waals surface area contributed by atoms with Crippen molar-refractivity contribution >= 4 is 11.8 Å². The molecule has 0 aliphatic rings. The van der Waals surface area contributed by atoms with Gasteiger partial charge in [0.15, 0.2) is 5.16 Å². The topological polar surface area (TPSA) is 84.7 Å². The Morgan fingerprint density at radius 2 is 1.81 bits per heavy atom. The monoisotopic (exact) mass is 370 g/mol. The van der Waals surface area contributed by atoms with E-state index >= 15 is 0 Å². The lowest BCUT2D eigenvalue weighted by Crippen LogP contribution is -2.14. The van der Waals surface area contributed by atoms with Gasteiger partial charge in [0, 0.05) is 16.8 Å². The molecule has 0 atom stereocenters. The zero-order valence-corrected chi connectivity index (χ0v) is 16.4. The third-order valence-corrected chi connectivity index (χ3v) is 5.04. The summed E-state index contributed by atoms with van der Waals surface area (Å²) in [6, 6.07) is 8.18. The summed E-state index contributed by atoms with van der Waals surface area (Å²) in [5.74, 6) is 1.49. The van der Waals surface area contributed by atoms with Crippen LogP contribution in [-0.4, -0.2) is 20.1 Å². The molecule has 2 aromatic heterocycles. The molecule has 0 aliphatic heterocycles. The first-order chi connectivity index (χ1) is 12.2. The third-order valence-electron chi connectivity index (χ3n) is 4.18. The van der Waals surface area contributed by atoms with Crippen molar-refractivity contribution in [3.05, 3.63) is 57.3 Å². The molecule has 0 saturated carbocycles. The first kappa shape index (κ1) is 18.4. The molecule has 3 rings (SSSR count). The van der Waals surface area contributed by atoms with Gasteiger partial charge in [-0.3, -0.25) is 4.79 Å². The fraction of sp³-hybridized carbons (Fsp3) is 0.368. The second-order valence-corrected chi connectivity index (χ2v) is 8.17. The Morgan fingerprint density at radius 1 is 1.12 bits per heavy atom. The van der Waals surface area contributed by atoms with E-state index in [0.717, 1.165) is 11.3 Å². The van der Waals surface area contributed by atoms with Crippen molar-refractivity contribution in [3.8, 4) is 11.4 Å². The third kappa shape index (κ3) is 4.04. The van der Waals surface area contributed by atoms with Crippen LogP contribution in [0.15, 0.2) is 38.7 Å². The highest BCUT2D eigenvalue weighted by Crippen LogP contribution is 2.25. The summed E-state index contributed by atoms with van der Waals surface area (Å²) in [6.45, 7) is 10.1. The van der Waals surface area contributed by atoms with E-state index in [1.165, 1.54) is 17.3 Å². The first-order valence-corrected chi connectivity index (χ1v) is 9.36. The predicted molar refractivity (Wildman–Crippen MR) is 102 cm³/mol. The van der Waals surface area contributed by atoms with E-state index in [-0.39, 0.29) is 11.0 Å². The zero-order chi connectivity index (χ0) is 18.9. The number of H-pyrrole nitrogens is 1. The summed E-state index contributed by atoms with van der Waals surface area (Å²) in [5.41, 5.74) is 3.51. The molecule has 2 heterocycles. The van der Waals surface area contributed by atoms with Gasteiger partial charge in [-0.25, -0.2) is 4.98 Å². The smallest absolute Gasteiger partial charge is 0.254 e. The maximum absolute atomic E-state index is 11.8. The molecule has 3 aromatic rings. The van der Waals surface area contributed by atoms with Crippen molar-refractivity contribution in [1.29, 1.82) is 0 Å². The maximum atomic E-state index is 11.8. The van der Waals surface area contributed by atoms with E-state index in [2.05, 4.69) is 53.0 Å². The van der Waals surface area contributed by atoms with Crippen LogP contribution in [-0.2, 0) is 11.2 Å². The van der Waals surface area contributed by atoms with E-state index < -0.39 is 0 Å². The Balaban J connectivity index is 1.71. The van der Waals surface area contributed by atoms with Gasteiger partial charge in [0.2, 0.25) is 11.7 Å². The van der Waals surface area contributed by atoms with Crippen molar-refractivity contribution in [2.45, 2.75) is 50.9 Å². The number of aryl methyl sites for hydroxylation is 1. The van der Waals surface area contributed by atoms with Gasteiger partial charge in [-0.15, -0.1) is 0 Å². The lowest BCUT2D eigenvalue weighted by molar-refractivity contribution is 0.391. The summed E-state index contributed by atoms with van der Waals surface area (Å²) >= 11 is 1.36. The normalized spacial score (nSPS) is 11.7. The van der Waals surface area contributed by atoms with Crippen LogP contribution >= 0.6 is 11.8 Å². The van der Waals surface area contributed by atoms with Gasteiger partial charge < -0.3 is 9.51 Å². The van der Waals surface area contributed by atoms with Gasteiger partial charge in [0.05, 0.1) is 5.75 Å². The van der Waals surface area contributed by atoms with Crippen LogP contribution in [0.2, 0.25) is 0 Å². The minimum atomic E-state index is -0.120. The lowest BCUT2D eigenvalue weighted by Gasteiger charge is -2.18. The lowest BCUT2D eigenvalue weighted by atomic mass is 9.87. The Labute approximate surface area is 156 Å². The molecule has 0 spiro atoms. The van der Waals surface area contributed by atoms with E-state index in [4.69, 9.17) is 4.52 Å². The number of aromatic nitrogens is 4. The van der Waals surface area contributed by atoms with Gasteiger partial charge in [-0.2, -0.15) is 4.98 Å². The minimum Gasteiger partial charge on any atom is -0.338 e. The van der Waals surface area contributed by atoms with E-state index in [1.54, 1.807) is 6.92 Å². The Hall–Kier alpha value is -2.41. The highest BCUT2D eigenvalue weighted by atomic mass is 32.2. The highest BCUT2D eigenvalue weighted by molar-refractivity contribution is 7.98. The standard InChI is InChI=1S/C19H22N4O2S/c1-11-12(2)20-18(22-17(11)24)26-10-15-21-16(23-25-15)13-6-8-14(9-7-13)19(3,4)5/h6-9H,10H2,1-5H3,(H,20,22,24). The average molecular weight is 370 g/mol. The Bertz CT molecular complexity index is 968. The van der Waals surface area contributed by atoms with Gasteiger partial charge in [-0.05, 0) is 24.8 Å². The number of benzene rings is 1. The largest absolute Gasteiger partial charge is 0.338 e. The van der Waals surface area contributed by atoms with Crippen molar-refractivity contribution in [2.75, 3.05) is 0 Å². The van der Waals surface area contributed by atoms with Crippen LogP contribution in [0.1, 0.15) is 43.5 Å². The maximum Gasteiger partial charge on any atom is 0.254 e. The minimum absolute atomic E-state index is 0.105. The van der Waals surface area contributed by atoms with E-state index in [0.29, 0.717) is 28.2 Å². The molecule has 136 valence electrons. The SMILES string of the molecule is Cc1nc(SCc2nc(-c3ccc(C(C)(C)C)cc3)no2)[nH]c(=O)c1C. The highest BCUT2D eigenvalue weighted by Gasteiger charge is 2.15. The molecule has 1 aromatic carbocycles. The Morgan fingerprint density at radius 3 is 2.42 bits per heavy atom. The molecule has 0 saturated heterocycles. The number of hydrogen-bond acceptors (Lipinski definition) is 6. The molecular weight excluding hydrogens is 348 g/mol. The van der Waals surface area contributed by atoms with Crippen LogP contribution in [0.5, 0.6) is 0 Å². The van der Waals surface area contributed by atoms with Gasteiger partial charge in [0.25, 0.3) is 5.56 Å². The fourth-order valence-corrected chi connectivity index (χ4v) is 3.11. The number of hydrogen-bond donors (Lipinski definition) is 1. The van der Waals surface area contributed by atoms with Crippen LogP contribution in [0.25, 0.3) is 11.4 Å². The molecule has 1 N–H and O–H groups in total. The number of nitrogens with zero attached hydrogens (tertiary/aromatic N) is 3. The molecule has 0 unspecified atom stereocenters. The molecule has 6 nitrogen and oxygen atoms in total. The molecule has 7 heteroatoms. The molecule has 0 aliphatic carbocycles. The number of aromatic amines is 1. The van der Waals surface area contributed by atoms with E-state index in [9.17, 15) is 4.79 Å². The first-order valence-electron chi connectivity index (χ1n) is 8.38. The van der Waals surface area contributed by atoms with Crippen molar-refractivity contribution in [2.24, 2.45) is 0 Å². The summed E-state index contributed by atoms with van der Waals surface area (Å²) in [5, 5.41) is 4.60. The second kappa shape index (κ2) is 7.07. The van der Waals surface area contributed by atoms with Crippen LogP contribution in [0.4, 0.5) is 0 Å². The van der Waals surface area contributed by atoms with Crippen molar-refractivity contribution in [1.82, 2.24) is 20.1 Å². The van der Waals surface area contributed by atoms with Crippen molar-refractivity contribution < 1.29 is 4.52 Å². The molecule has 26 heavy (non-hydrogen) atoms. The van der Waals surface area contributed by atoms with Gasteiger partial charge in [0.1, 0.15) is 0 Å². The fourth-order valence-electron chi connectivity index (χ4n) is 2.37. The van der Waals surface area contributed by atoms with Gasteiger partial charge in [-0.1, -0.05) is 62.0 Å². The van der Waals surface area contributed by atoms with Crippen LogP contribution in [0, 0.1) is 13.8 Å². The predicted octanol–water partition coefficient (Wildman–Crippen LogP) is 4.03. The molecule has 0 fully saturated rings. The number of rotatable bonds is 4. The summed E-state index contributed by atoms with van der Waals surface area (Å²) < 4.78 is 5.32. The molecular formula is C19H22N4O2S. The van der Waals surface area contributed by atoms with Crippen LogP contribution < -0.4 is 5.56 Å². The molecule has 0 radical (unpaired) electrons. The van der Waals surface area contributed by atoms with Gasteiger partial charge >= 0.3 is 0 Å². The molecule has 0 amide bonds. The summed E-state index contributed by atoms with van der Waals surface area (Å²) in [6.07, 6.45) is 0. The average Bonchev–Trinajstić information content (AvgIpc) is 3.06. The quantitative estimate of drug-likeness (QED) is 0.551. The summed E-state index contributed by atoms with van der Waals surface area (Å²) in [7, 11) is 0. The zero-order valence-electron chi connectivity index (χ0n) is 15.6. The van der Waals surface area contributed by atoms with Crippen molar-refractivity contribution in [3.63, 3.8) is 0 Å². The number of thioether (sulfide) groups is 1. The Kier molecular flexibility index (Phi) is 5.00. The summed E-state index contributed by atoms with van der Waals surface area (Å²) in [4.78, 5) is 23.3. The number of nitrogens with one attached hydrogen (secondary N) is 1. The van der Waals surface area contributed by atoms with E-state index in [1.807, 2.05) is 19.1 Å².